The molecule has 0 fully saturated rings. The van der Waals surface area contributed by atoms with Crippen molar-refractivity contribution in [1.29, 1.82) is 0 Å². The van der Waals surface area contributed by atoms with E-state index in [1.807, 2.05) is 27.7 Å². The van der Waals surface area contributed by atoms with E-state index in [-0.39, 0.29) is 35.0 Å². The molecule has 2 aromatic rings. The number of H-pyrrole nitrogens is 1. The summed E-state index contributed by atoms with van der Waals surface area (Å²) in [5.74, 6) is -0.346. The van der Waals surface area contributed by atoms with Crippen molar-refractivity contribution >= 4 is 15.9 Å². The molecule has 0 radical (unpaired) electrons. The summed E-state index contributed by atoms with van der Waals surface area (Å²) in [6.45, 7) is 8.20. The highest BCUT2D eigenvalue weighted by atomic mass is 32.2. The van der Waals surface area contributed by atoms with E-state index in [0.717, 1.165) is 11.3 Å². The van der Waals surface area contributed by atoms with Gasteiger partial charge < -0.3 is 5.32 Å². The Morgan fingerprint density at radius 3 is 2.36 bits per heavy atom. The highest BCUT2D eigenvalue weighted by Gasteiger charge is 2.19. The summed E-state index contributed by atoms with van der Waals surface area (Å²) in [6, 6.07) is 8.27. The summed E-state index contributed by atoms with van der Waals surface area (Å²) < 4.78 is 26.7. The lowest BCUT2D eigenvalue weighted by atomic mass is 9.92. The fourth-order valence-electron chi connectivity index (χ4n) is 2.07. The number of nitrogens with one attached hydrogen (secondary N) is 3. The van der Waals surface area contributed by atoms with E-state index in [9.17, 15) is 13.2 Å². The lowest BCUT2D eigenvalue weighted by Gasteiger charge is -2.14. The van der Waals surface area contributed by atoms with Crippen LogP contribution in [0.25, 0.3) is 0 Å². The average molecular weight is 364 g/mol. The fraction of sp³-hybridized carbons (Fsp3) is 0.412. The van der Waals surface area contributed by atoms with Crippen LogP contribution in [0.3, 0.4) is 0 Å². The first-order valence-electron chi connectivity index (χ1n) is 8.00. The minimum Gasteiger partial charge on any atom is -0.349 e. The van der Waals surface area contributed by atoms with Crippen LogP contribution in [0.2, 0.25) is 0 Å². The summed E-state index contributed by atoms with van der Waals surface area (Å²) >= 11 is 0. The number of aromatic amines is 1. The highest BCUT2D eigenvalue weighted by Crippen LogP contribution is 2.20. The van der Waals surface area contributed by atoms with Crippen molar-refractivity contribution in [2.24, 2.45) is 0 Å². The quantitative estimate of drug-likeness (QED) is 0.679. The first-order chi connectivity index (χ1) is 11.6. The van der Waals surface area contributed by atoms with Gasteiger partial charge in [-0.25, -0.2) is 13.1 Å². The number of amides is 1. The smallest absolute Gasteiger partial charge is 0.271 e. The predicted octanol–water partition coefficient (Wildman–Crippen LogP) is 1.72. The van der Waals surface area contributed by atoms with Gasteiger partial charge in [0, 0.05) is 24.2 Å². The Kier molecular flexibility index (Phi) is 5.64. The standard InChI is InChI=1S/C17H24N4O3S/c1-12-5-7-13(8-6-12)25(23,24)19-10-9-18-16(22)14-11-15(21-20-14)17(2,3)4/h5-8,11,19H,9-10H2,1-4H3,(H,18,22)(H,20,21). The van der Waals surface area contributed by atoms with Gasteiger partial charge in [0.1, 0.15) is 5.69 Å². The first kappa shape index (κ1) is 19.1. The second-order valence-corrected chi connectivity index (χ2v) is 8.65. The van der Waals surface area contributed by atoms with Crippen molar-refractivity contribution < 1.29 is 13.2 Å². The van der Waals surface area contributed by atoms with Crippen molar-refractivity contribution in [3.8, 4) is 0 Å². The van der Waals surface area contributed by atoms with Crippen LogP contribution < -0.4 is 10.0 Å². The summed E-state index contributed by atoms with van der Waals surface area (Å²) in [7, 11) is -3.58. The molecule has 7 nitrogen and oxygen atoms in total. The molecule has 1 amide bonds. The van der Waals surface area contributed by atoms with Crippen molar-refractivity contribution in [2.75, 3.05) is 13.1 Å². The fourth-order valence-corrected chi connectivity index (χ4v) is 3.11. The average Bonchev–Trinajstić information content (AvgIpc) is 3.02. The maximum Gasteiger partial charge on any atom is 0.271 e. The Morgan fingerprint density at radius 2 is 1.80 bits per heavy atom. The zero-order valence-electron chi connectivity index (χ0n) is 14.9. The molecular formula is C17H24N4O3S. The van der Waals surface area contributed by atoms with Crippen LogP contribution in [0.15, 0.2) is 35.2 Å². The van der Waals surface area contributed by atoms with Gasteiger partial charge >= 0.3 is 0 Å². The van der Waals surface area contributed by atoms with Gasteiger partial charge in [-0.2, -0.15) is 5.10 Å². The van der Waals surface area contributed by atoms with Gasteiger partial charge in [-0.3, -0.25) is 9.89 Å². The minimum absolute atomic E-state index is 0.0957. The van der Waals surface area contributed by atoms with Crippen LogP contribution in [0, 0.1) is 6.92 Å². The zero-order chi connectivity index (χ0) is 18.7. The van der Waals surface area contributed by atoms with E-state index < -0.39 is 10.0 Å². The molecule has 0 aliphatic carbocycles. The van der Waals surface area contributed by atoms with Gasteiger partial charge in [0.2, 0.25) is 10.0 Å². The van der Waals surface area contributed by atoms with E-state index in [1.165, 1.54) is 0 Å². The first-order valence-corrected chi connectivity index (χ1v) is 9.48. The van der Waals surface area contributed by atoms with E-state index in [1.54, 1.807) is 30.3 Å². The van der Waals surface area contributed by atoms with Gasteiger partial charge in [0.05, 0.1) is 4.90 Å². The van der Waals surface area contributed by atoms with E-state index in [0.29, 0.717) is 0 Å². The molecule has 0 saturated carbocycles. The number of carbonyl (C=O) groups excluding carboxylic acids is 1. The second kappa shape index (κ2) is 7.37. The number of nitrogens with zero attached hydrogens (tertiary/aromatic N) is 1. The molecule has 0 aliphatic rings. The molecule has 8 heteroatoms. The number of aryl methyl sites for hydroxylation is 1. The summed E-state index contributed by atoms with van der Waals surface area (Å²) in [6.07, 6.45) is 0. The lowest BCUT2D eigenvalue weighted by molar-refractivity contribution is 0.0949. The summed E-state index contributed by atoms with van der Waals surface area (Å²) in [4.78, 5) is 12.2. The SMILES string of the molecule is Cc1ccc(S(=O)(=O)NCCNC(=O)c2cc(C(C)(C)C)[nH]n2)cc1. The molecule has 0 spiro atoms. The number of benzene rings is 1. The molecule has 2 rings (SSSR count). The molecule has 1 heterocycles. The van der Waals surface area contributed by atoms with Crippen molar-refractivity contribution in [2.45, 2.75) is 38.0 Å². The molecule has 0 unspecified atom stereocenters. The molecule has 3 N–H and O–H groups in total. The number of sulfonamides is 1. The highest BCUT2D eigenvalue weighted by molar-refractivity contribution is 7.89. The van der Waals surface area contributed by atoms with E-state index >= 15 is 0 Å². The van der Waals surface area contributed by atoms with Crippen LogP contribution in [0.5, 0.6) is 0 Å². The predicted molar refractivity (Wildman–Crippen MR) is 96.0 cm³/mol. The third-order valence-corrected chi connectivity index (χ3v) is 5.13. The number of aromatic nitrogens is 2. The molecule has 0 aliphatic heterocycles. The van der Waals surface area contributed by atoms with Gasteiger partial charge in [0.25, 0.3) is 5.91 Å². The Hall–Kier alpha value is -2.19. The van der Waals surface area contributed by atoms with Crippen LogP contribution in [0.4, 0.5) is 0 Å². The summed E-state index contributed by atoms with van der Waals surface area (Å²) in [5.41, 5.74) is 2.00. The third kappa shape index (κ3) is 5.14. The topological polar surface area (TPSA) is 104 Å². The summed E-state index contributed by atoms with van der Waals surface area (Å²) in [5, 5.41) is 9.48. The number of carbonyl (C=O) groups is 1. The molecular weight excluding hydrogens is 340 g/mol. The zero-order valence-corrected chi connectivity index (χ0v) is 15.7. The van der Waals surface area contributed by atoms with Gasteiger partial charge in [-0.1, -0.05) is 38.5 Å². The molecule has 25 heavy (non-hydrogen) atoms. The van der Waals surface area contributed by atoms with Crippen LogP contribution in [0.1, 0.15) is 42.5 Å². The molecule has 0 saturated heterocycles. The van der Waals surface area contributed by atoms with Crippen molar-refractivity contribution in [1.82, 2.24) is 20.2 Å². The van der Waals surface area contributed by atoms with Crippen molar-refractivity contribution in [3.05, 3.63) is 47.3 Å². The third-order valence-electron chi connectivity index (χ3n) is 3.65. The molecule has 1 aromatic heterocycles. The molecule has 0 atom stereocenters. The van der Waals surface area contributed by atoms with Gasteiger partial charge in [0.15, 0.2) is 0 Å². The lowest BCUT2D eigenvalue weighted by Crippen LogP contribution is -2.34. The number of hydrogen-bond acceptors (Lipinski definition) is 4. The Bertz CT molecular complexity index is 834. The normalized spacial score (nSPS) is 12.2. The number of rotatable bonds is 6. The molecule has 136 valence electrons. The maximum atomic E-state index is 12.1. The Labute approximate surface area is 148 Å². The van der Waals surface area contributed by atoms with Crippen LogP contribution in [-0.2, 0) is 15.4 Å². The Balaban J connectivity index is 1.85. The monoisotopic (exact) mass is 364 g/mol. The second-order valence-electron chi connectivity index (χ2n) is 6.88. The van der Waals surface area contributed by atoms with Gasteiger partial charge in [-0.15, -0.1) is 0 Å². The van der Waals surface area contributed by atoms with E-state index in [2.05, 4.69) is 20.2 Å². The van der Waals surface area contributed by atoms with Crippen LogP contribution >= 0.6 is 0 Å². The molecule has 1 aromatic carbocycles. The maximum absolute atomic E-state index is 12.1. The number of hydrogen-bond donors (Lipinski definition) is 3. The molecule has 0 bridgehead atoms. The van der Waals surface area contributed by atoms with Crippen LogP contribution in [-0.4, -0.2) is 37.6 Å². The van der Waals surface area contributed by atoms with Gasteiger partial charge in [-0.05, 0) is 25.1 Å². The van der Waals surface area contributed by atoms with E-state index in [4.69, 9.17) is 0 Å². The van der Waals surface area contributed by atoms with Crippen molar-refractivity contribution in [3.63, 3.8) is 0 Å². The Morgan fingerprint density at radius 1 is 1.16 bits per heavy atom. The minimum atomic E-state index is -3.58. The largest absolute Gasteiger partial charge is 0.349 e.